The van der Waals surface area contributed by atoms with Gasteiger partial charge in [-0.05, 0) is 36.8 Å². The number of halogens is 1. The SMILES string of the molecule is C=CCC(CCCO)C(O)c1ccccc1Cl. The summed E-state index contributed by atoms with van der Waals surface area (Å²) in [6.07, 6.45) is 3.34. The summed E-state index contributed by atoms with van der Waals surface area (Å²) in [6, 6.07) is 7.31. The van der Waals surface area contributed by atoms with Crippen LogP contribution in [0.3, 0.4) is 0 Å². The molecule has 0 fully saturated rings. The molecule has 2 unspecified atom stereocenters. The molecule has 2 nitrogen and oxygen atoms in total. The van der Waals surface area contributed by atoms with E-state index in [4.69, 9.17) is 16.7 Å². The molecule has 1 rings (SSSR count). The first-order chi connectivity index (χ1) is 8.20. The van der Waals surface area contributed by atoms with Crippen molar-refractivity contribution < 1.29 is 10.2 Å². The van der Waals surface area contributed by atoms with Crippen LogP contribution in [0.1, 0.15) is 30.9 Å². The minimum atomic E-state index is -0.603. The van der Waals surface area contributed by atoms with Gasteiger partial charge in [-0.25, -0.2) is 0 Å². The van der Waals surface area contributed by atoms with Gasteiger partial charge in [0.05, 0.1) is 6.10 Å². The van der Waals surface area contributed by atoms with Gasteiger partial charge >= 0.3 is 0 Å². The van der Waals surface area contributed by atoms with Crippen LogP contribution in [-0.2, 0) is 0 Å². The fraction of sp³-hybridized carbons (Fsp3) is 0.429. The van der Waals surface area contributed by atoms with Crippen LogP contribution in [0, 0.1) is 5.92 Å². The summed E-state index contributed by atoms with van der Waals surface area (Å²) in [6.45, 7) is 3.84. The maximum absolute atomic E-state index is 10.3. The molecule has 0 bridgehead atoms. The summed E-state index contributed by atoms with van der Waals surface area (Å²) in [4.78, 5) is 0. The Labute approximate surface area is 108 Å². The second-order valence-electron chi connectivity index (χ2n) is 4.12. The zero-order valence-electron chi connectivity index (χ0n) is 9.85. The molecule has 1 aromatic carbocycles. The lowest BCUT2D eigenvalue weighted by Gasteiger charge is -2.22. The second kappa shape index (κ2) is 7.49. The highest BCUT2D eigenvalue weighted by Gasteiger charge is 2.21. The van der Waals surface area contributed by atoms with E-state index in [0.717, 1.165) is 12.0 Å². The second-order valence-corrected chi connectivity index (χ2v) is 4.52. The van der Waals surface area contributed by atoms with E-state index < -0.39 is 6.10 Å². The minimum absolute atomic E-state index is 0.0551. The standard InChI is InChI=1S/C14H19ClO2/c1-2-6-11(7-5-10-16)14(17)12-8-3-4-9-13(12)15/h2-4,8-9,11,14,16-17H,1,5-7,10H2. The van der Waals surface area contributed by atoms with Gasteiger partial charge in [-0.15, -0.1) is 6.58 Å². The van der Waals surface area contributed by atoms with Crippen molar-refractivity contribution in [2.45, 2.75) is 25.4 Å². The zero-order valence-corrected chi connectivity index (χ0v) is 10.6. The van der Waals surface area contributed by atoms with E-state index >= 15 is 0 Å². The maximum Gasteiger partial charge on any atom is 0.0835 e. The highest BCUT2D eigenvalue weighted by Crippen LogP contribution is 2.32. The molecule has 1 aromatic rings. The molecule has 0 saturated carbocycles. The van der Waals surface area contributed by atoms with E-state index in [2.05, 4.69) is 6.58 Å². The van der Waals surface area contributed by atoms with Crippen molar-refractivity contribution in [2.75, 3.05) is 6.61 Å². The fourth-order valence-electron chi connectivity index (χ4n) is 1.94. The molecule has 0 aliphatic heterocycles. The summed E-state index contributed by atoms with van der Waals surface area (Å²) in [5.74, 6) is 0.0551. The van der Waals surface area contributed by atoms with Gasteiger partial charge in [0.2, 0.25) is 0 Å². The summed E-state index contributed by atoms with van der Waals surface area (Å²) in [5, 5.41) is 19.7. The van der Waals surface area contributed by atoms with Gasteiger partial charge in [-0.2, -0.15) is 0 Å². The van der Waals surface area contributed by atoms with Crippen molar-refractivity contribution in [1.29, 1.82) is 0 Å². The lowest BCUT2D eigenvalue weighted by molar-refractivity contribution is 0.0989. The average molecular weight is 255 g/mol. The van der Waals surface area contributed by atoms with E-state index in [-0.39, 0.29) is 12.5 Å². The number of aliphatic hydroxyl groups excluding tert-OH is 2. The average Bonchev–Trinajstić information content (AvgIpc) is 2.34. The predicted molar refractivity (Wildman–Crippen MR) is 71.0 cm³/mol. The quantitative estimate of drug-likeness (QED) is 0.733. The maximum atomic E-state index is 10.3. The Morgan fingerprint density at radius 2 is 2.06 bits per heavy atom. The molecule has 0 aliphatic carbocycles. The Morgan fingerprint density at radius 1 is 1.35 bits per heavy atom. The van der Waals surface area contributed by atoms with E-state index in [1.807, 2.05) is 18.2 Å². The number of hydrogen-bond donors (Lipinski definition) is 2. The number of aliphatic hydroxyl groups is 2. The van der Waals surface area contributed by atoms with E-state index in [1.165, 1.54) is 0 Å². The van der Waals surface area contributed by atoms with Crippen molar-refractivity contribution in [1.82, 2.24) is 0 Å². The number of rotatable bonds is 7. The van der Waals surface area contributed by atoms with Gasteiger partial charge in [0.15, 0.2) is 0 Å². The van der Waals surface area contributed by atoms with Gasteiger partial charge in [-0.1, -0.05) is 35.9 Å². The van der Waals surface area contributed by atoms with Gasteiger partial charge in [0, 0.05) is 11.6 Å². The largest absolute Gasteiger partial charge is 0.396 e. The molecule has 0 spiro atoms. The van der Waals surface area contributed by atoms with Crippen molar-refractivity contribution in [2.24, 2.45) is 5.92 Å². The normalized spacial score (nSPS) is 14.3. The van der Waals surface area contributed by atoms with Gasteiger partial charge in [-0.3, -0.25) is 0 Å². The third-order valence-corrected chi connectivity index (χ3v) is 3.22. The summed E-state index contributed by atoms with van der Waals surface area (Å²) < 4.78 is 0. The first kappa shape index (κ1) is 14.2. The van der Waals surface area contributed by atoms with Crippen LogP contribution in [0.2, 0.25) is 5.02 Å². The molecule has 94 valence electrons. The van der Waals surface area contributed by atoms with E-state index in [9.17, 15) is 5.11 Å². The first-order valence-corrected chi connectivity index (χ1v) is 6.22. The van der Waals surface area contributed by atoms with Gasteiger partial charge in [0.25, 0.3) is 0 Å². The Balaban J connectivity index is 2.79. The summed E-state index contributed by atoms with van der Waals surface area (Å²) in [7, 11) is 0. The van der Waals surface area contributed by atoms with Crippen LogP contribution in [0.25, 0.3) is 0 Å². The smallest absolute Gasteiger partial charge is 0.0835 e. The molecule has 0 saturated heterocycles. The Bertz CT molecular complexity index is 352. The molecule has 2 atom stereocenters. The van der Waals surface area contributed by atoms with Crippen LogP contribution >= 0.6 is 11.6 Å². The fourth-order valence-corrected chi connectivity index (χ4v) is 2.19. The van der Waals surface area contributed by atoms with Crippen LogP contribution in [0.5, 0.6) is 0 Å². The number of allylic oxidation sites excluding steroid dienone is 1. The molecule has 0 aromatic heterocycles. The molecular weight excluding hydrogens is 236 g/mol. The van der Waals surface area contributed by atoms with Crippen molar-refractivity contribution in [3.05, 3.63) is 47.5 Å². The minimum Gasteiger partial charge on any atom is -0.396 e. The molecule has 2 N–H and O–H groups in total. The van der Waals surface area contributed by atoms with Crippen molar-refractivity contribution >= 4 is 11.6 Å². The Morgan fingerprint density at radius 3 is 2.65 bits per heavy atom. The lowest BCUT2D eigenvalue weighted by Crippen LogP contribution is -2.13. The van der Waals surface area contributed by atoms with Crippen molar-refractivity contribution in [3.8, 4) is 0 Å². The molecule has 0 amide bonds. The molecule has 17 heavy (non-hydrogen) atoms. The Hall–Kier alpha value is -0.830. The molecule has 0 radical (unpaired) electrons. The van der Waals surface area contributed by atoms with Crippen LogP contribution < -0.4 is 0 Å². The van der Waals surface area contributed by atoms with Crippen molar-refractivity contribution in [3.63, 3.8) is 0 Å². The first-order valence-electron chi connectivity index (χ1n) is 5.85. The molecule has 3 heteroatoms. The molecular formula is C14H19ClO2. The third-order valence-electron chi connectivity index (χ3n) is 2.87. The predicted octanol–water partition coefficient (Wildman–Crippen LogP) is 3.34. The Kier molecular flexibility index (Phi) is 6.27. The summed E-state index contributed by atoms with van der Waals surface area (Å²) >= 11 is 6.06. The zero-order chi connectivity index (χ0) is 12.7. The number of hydrogen-bond acceptors (Lipinski definition) is 2. The number of benzene rings is 1. The lowest BCUT2D eigenvalue weighted by atomic mass is 9.89. The summed E-state index contributed by atoms with van der Waals surface area (Å²) in [5.41, 5.74) is 0.749. The van der Waals surface area contributed by atoms with Gasteiger partial charge in [0.1, 0.15) is 0 Å². The van der Waals surface area contributed by atoms with Gasteiger partial charge < -0.3 is 10.2 Å². The molecule has 0 aliphatic rings. The highest BCUT2D eigenvalue weighted by molar-refractivity contribution is 6.31. The topological polar surface area (TPSA) is 40.5 Å². The third kappa shape index (κ3) is 4.15. The van der Waals surface area contributed by atoms with Crippen LogP contribution in [0.15, 0.2) is 36.9 Å². The van der Waals surface area contributed by atoms with Crippen LogP contribution in [0.4, 0.5) is 0 Å². The molecule has 0 heterocycles. The monoisotopic (exact) mass is 254 g/mol. The van der Waals surface area contributed by atoms with E-state index in [0.29, 0.717) is 17.9 Å². The van der Waals surface area contributed by atoms with Crippen LogP contribution in [-0.4, -0.2) is 16.8 Å². The highest BCUT2D eigenvalue weighted by atomic mass is 35.5. The van der Waals surface area contributed by atoms with E-state index in [1.54, 1.807) is 12.1 Å².